The molecule has 2 aliphatic rings. The molecule has 5 heteroatoms. The monoisotopic (exact) mass is 365 g/mol. The topological polar surface area (TPSA) is 54.5 Å². The van der Waals surface area contributed by atoms with Gasteiger partial charge in [-0.2, -0.15) is 0 Å². The Morgan fingerprint density at radius 1 is 1.26 bits per heavy atom. The van der Waals surface area contributed by atoms with Crippen molar-refractivity contribution in [1.29, 1.82) is 0 Å². The number of hydrogen-bond donors (Lipinski definition) is 1. The van der Waals surface area contributed by atoms with Gasteiger partial charge in [-0.15, -0.1) is 0 Å². The molecular formula is C22H27N3O2. The SMILES string of the molecule is Cc1cc(NC(=O)C[C@@H]2CCOc3ccccc32)cnc1N1CCCCC1. The summed E-state index contributed by atoms with van der Waals surface area (Å²) in [6.45, 7) is 4.88. The van der Waals surface area contributed by atoms with Crippen molar-refractivity contribution in [1.82, 2.24) is 4.98 Å². The Hall–Kier alpha value is -2.56. The number of carbonyl (C=O) groups excluding carboxylic acids is 1. The number of piperidine rings is 1. The highest BCUT2D eigenvalue weighted by Gasteiger charge is 2.23. The highest BCUT2D eigenvalue weighted by atomic mass is 16.5. The van der Waals surface area contributed by atoms with Gasteiger partial charge in [0.2, 0.25) is 5.91 Å². The molecule has 142 valence electrons. The number of anilines is 2. The van der Waals surface area contributed by atoms with Gasteiger partial charge >= 0.3 is 0 Å². The van der Waals surface area contributed by atoms with Gasteiger partial charge in [0, 0.05) is 19.5 Å². The summed E-state index contributed by atoms with van der Waals surface area (Å²) in [6, 6.07) is 10.1. The molecule has 3 heterocycles. The van der Waals surface area contributed by atoms with Crippen LogP contribution >= 0.6 is 0 Å². The lowest BCUT2D eigenvalue weighted by Crippen LogP contribution is -2.30. The van der Waals surface area contributed by atoms with Crippen molar-refractivity contribution in [2.24, 2.45) is 0 Å². The fourth-order valence-electron chi connectivity index (χ4n) is 4.14. The van der Waals surface area contributed by atoms with Crippen molar-refractivity contribution in [3.8, 4) is 5.75 Å². The zero-order valence-electron chi connectivity index (χ0n) is 15.9. The van der Waals surface area contributed by atoms with Crippen molar-refractivity contribution in [3.63, 3.8) is 0 Å². The number of nitrogens with one attached hydrogen (secondary N) is 1. The summed E-state index contributed by atoms with van der Waals surface area (Å²) < 4.78 is 5.69. The van der Waals surface area contributed by atoms with Gasteiger partial charge in [0.05, 0.1) is 18.5 Å². The molecule has 5 nitrogen and oxygen atoms in total. The van der Waals surface area contributed by atoms with Gasteiger partial charge in [-0.1, -0.05) is 18.2 Å². The molecule has 1 saturated heterocycles. The number of amides is 1. The van der Waals surface area contributed by atoms with Crippen LogP contribution in [0.4, 0.5) is 11.5 Å². The fourth-order valence-corrected chi connectivity index (χ4v) is 4.14. The lowest BCUT2D eigenvalue weighted by molar-refractivity contribution is -0.116. The Morgan fingerprint density at radius 3 is 2.89 bits per heavy atom. The van der Waals surface area contributed by atoms with E-state index in [1.165, 1.54) is 19.3 Å². The quantitative estimate of drug-likeness (QED) is 0.879. The van der Waals surface area contributed by atoms with Crippen molar-refractivity contribution in [3.05, 3.63) is 47.7 Å². The van der Waals surface area contributed by atoms with Crippen LogP contribution < -0.4 is 15.0 Å². The standard InChI is InChI=1S/C22H27N3O2/c1-16-13-18(15-23-22(16)25-10-5-2-6-11-25)24-21(26)14-17-9-12-27-20-8-4-3-7-19(17)20/h3-4,7-8,13,15,17H,2,5-6,9-12,14H2,1H3,(H,24,26)/t17-/m0/s1. The Balaban J connectivity index is 1.41. The summed E-state index contributed by atoms with van der Waals surface area (Å²) in [7, 11) is 0. The van der Waals surface area contributed by atoms with Crippen LogP contribution in [0.3, 0.4) is 0 Å². The van der Waals surface area contributed by atoms with Crippen molar-refractivity contribution >= 4 is 17.4 Å². The third-order valence-corrected chi connectivity index (χ3v) is 5.50. The van der Waals surface area contributed by atoms with Crippen molar-refractivity contribution in [2.45, 2.75) is 44.9 Å². The Morgan fingerprint density at radius 2 is 2.07 bits per heavy atom. The zero-order chi connectivity index (χ0) is 18.6. The first-order valence-electron chi connectivity index (χ1n) is 9.94. The first-order chi connectivity index (χ1) is 13.2. The Labute approximate surface area is 160 Å². The van der Waals surface area contributed by atoms with E-state index >= 15 is 0 Å². The lowest BCUT2D eigenvalue weighted by atomic mass is 9.90. The van der Waals surface area contributed by atoms with Gasteiger partial charge in [-0.3, -0.25) is 4.79 Å². The maximum absolute atomic E-state index is 12.6. The first kappa shape index (κ1) is 17.8. The molecule has 0 saturated carbocycles. The molecule has 1 aromatic heterocycles. The Kier molecular flexibility index (Phi) is 5.28. The normalized spacial score (nSPS) is 19.1. The van der Waals surface area contributed by atoms with Crippen LogP contribution in [0.2, 0.25) is 0 Å². The van der Waals surface area contributed by atoms with Crippen LogP contribution in [0, 0.1) is 6.92 Å². The molecule has 27 heavy (non-hydrogen) atoms. The molecule has 1 amide bonds. The largest absolute Gasteiger partial charge is 0.493 e. The molecule has 0 aliphatic carbocycles. The molecule has 1 N–H and O–H groups in total. The molecule has 0 bridgehead atoms. The molecule has 0 unspecified atom stereocenters. The number of para-hydroxylation sites is 1. The van der Waals surface area contributed by atoms with Gasteiger partial charge in [0.25, 0.3) is 0 Å². The summed E-state index contributed by atoms with van der Waals surface area (Å²) in [5.74, 6) is 2.19. The number of rotatable bonds is 4. The van der Waals surface area contributed by atoms with Crippen LogP contribution in [-0.2, 0) is 4.79 Å². The summed E-state index contributed by atoms with van der Waals surface area (Å²) in [5.41, 5.74) is 3.03. The minimum atomic E-state index is 0.0311. The number of pyridine rings is 1. The van der Waals surface area contributed by atoms with Gasteiger partial charge < -0.3 is 15.0 Å². The van der Waals surface area contributed by atoms with Gasteiger partial charge in [-0.05, 0) is 61.8 Å². The second-order valence-corrected chi connectivity index (χ2v) is 7.54. The van der Waals surface area contributed by atoms with E-state index in [4.69, 9.17) is 4.74 Å². The average Bonchev–Trinajstić information content (AvgIpc) is 2.69. The van der Waals surface area contributed by atoms with Crippen molar-refractivity contribution < 1.29 is 9.53 Å². The maximum Gasteiger partial charge on any atom is 0.225 e. The summed E-state index contributed by atoms with van der Waals surface area (Å²) >= 11 is 0. The molecule has 1 aromatic carbocycles. The smallest absolute Gasteiger partial charge is 0.225 e. The summed E-state index contributed by atoms with van der Waals surface area (Å²) in [4.78, 5) is 19.6. The van der Waals surface area contributed by atoms with Gasteiger partial charge in [0.15, 0.2) is 0 Å². The summed E-state index contributed by atoms with van der Waals surface area (Å²) in [6.07, 6.45) is 6.88. The molecule has 1 fully saturated rings. The van der Waals surface area contributed by atoms with Crippen molar-refractivity contribution in [2.75, 3.05) is 29.9 Å². The number of aromatic nitrogens is 1. The predicted octanol–water partition coefficient (Wildman–Crippen LogP) is 4.28. The maximum atomic E-state index is 12.6. The van der Waals surface area contributed by atoms with E-state index in [1.54, 1.807) is 6.20 Å². The minimum Gasteiger partial charge on any atom is -0.493 e. The van der Waals surface area contributed by atoms with E-state index in [0.29, 0.717) is 13.0 Å². The minimum absolute atomic E-state index is 0.0311. The van der Waals surface area contributed by atoms with Crippen LogP contribution in [-0.4, -0.2) is 30.6 Å². The summed E-state index contributed by atoms with van der Waals surface area (Å²) in [5, 5.41) is 3.03. The number of nitrogens with zero attached hydrogens (tertiary/aromatic N) is 2. The third-order valence-electron chi connectivity index (χ3n) is 5.50. The van der Waals surface area contributed by atoms with Crippen LogP contribution in [0.15, 0.2) is 36.5 Å². The second kappa shape index (κ2) is 7.99. The number of ether oxygens (including phenoxy) is 1. The third kappa shape index (κ3) is 4.07. The van der Waals surface area contributed by atoms with E-state index in [1.807, 2.05) is 24.3 Å². The number of carbonyl (C=O) groups is 1. The highest BCUT2D eigenvalue weighted by molar-refractivity contribution is 5.91. The number of fused-ring (bicyclic) bond motifs is 1. The van der Waals surface area contributed by atoms with Crippen LogP contribution in [0.1, 0.15) is 49.1 Å². The molecule has 0 spiro atoms. The molecule has 0 radical (unpaired) electrons. The van der Waals surface area contributed by atoms with E-state index in [9.17, 15) is 4.79 Å². The highest BCUT2D eigenvalue weighted by Crippen LogP contribution is 2.35. The number of aryl methyl sites for hydroxylation is 1. The fraction of sp³-hybridized carbons (Fsp3) is 0.455. The zero-order valence-corrected chi connectivity index (χ0v) is 15.9. The Bertz CT molecular complexity index is 815. The second-order valence-electron chi connectivity index (χ2n) is 7.54. The molecule has 2 aromatic rings. The van der Waals surface area contributed by atoms with E-state index < -0.39 is 0 Å². The molecule has 4 rings (SSSR count). The van der Waals surface area contributed by atoms with Gasteiger partial charge in [-0.25, -0.2) is 4.98 Å². The molecule has 1 atom stereocenters. The van der Waals surface area contributed by atoms with Crippen LogP contribution in [0.25, 0.3) is 0 Å². The van der Waals surface area contributed by atoms with E-state index in [0.717, 1.165) is 47.9 Å². The predicted molar refractivity (Wildman–Crippen MR) is 108 cm³/mol. The van der Waals surface area contributed by atoms with E-state index in [2.05, 4.69) is 28.2 Å². The first-order valence-corrected chi connectivity index (χ1v) is 9.94. The molecule has 2 aliphatic heterocycles. The van der Waals surface area contributed by atoms with E-state index in [-0.39, 0.29) is 11.8 Å². The lowest BCUT2D eigenvalue weighted by Gasteiger charge is -2.29. The van der Waals surface area contributed by atoms with Gasteiger partial charge in [0.1, 0.15) is 11.6 Å². The van der Waals surface area contributed by atoms with Crippen LogP contribution in [0.5, 0.6) is 5.75 Å². The number of benzene rings is 1. The average molecular weight is 365 g/mol. The number of hydrogen-bond acceptors (Lipinski definition) is 4. The molecular weight excluding hydrogens is 338 g/mol.